The highest BCUT2D eigenvalue weighted by Crippen LogP contribution is 2.73. The first-order valence-corrected chi connectivity index (χ1v) is 11.5. The second-order valence-corrected chi connectivity index (χ2v) is 11.3. The minimum absolute atomic E-state index is 0.0571. The molecule has 5 aliphatic rings. The van der Waals surface area contributed by atoms with Gasteiger partial charge in [-0.2, -0.15) is 0 Å². The number of fused-ring (bicyclic) bond motifs is 3. The predicted octanol–water partition coefficient (Wildman–Crippen LogP) is 3.53. The Bertz CT molecular complexity index is 669. The van der Waals surface area contributed by atoms with Gasteiger partial charge in [-0.05, 0) is 86.9 Å². The van der Waals surface area contributed by atoms with Crippen LogP contribution < -0.4 is 5.73 Å². The normalized spacial score (nSPS) is 57.8. The molecule has 1 aliphatic heterocycles. The van der Waals surface area contributed by atoms with Crippen molar-refractivity contribution in [3.05, 3.63) is 0 Å². The van der Waals surface area contributed by atoms with Crippen LogP contribution in [-0.4, -0.2) is 34.1 Å². The Morgan fingerprint density at radius 3 is 2.54 bits per heavy atom. The fourth-order valence-electron chi connectivity index (χ4n) is 9.20. The quantitative estimate of drug-likeness (QED) is 0.669. The largest absolute Gasteiger partial charge is 0.481 e. The minimum atomic E-state index is -0.755. The molecule has 0 aromatic heterocycles. The van der Waals surface area contributed by atoms with E-state index in [0.29, 0.717) is 29.1 Å². The van der Waals surface area contributed by atoms with Gasteiger partial charge in [0.2, 0.25) is 0 Å². The summed E-state index contributed by atoms with van der Waals surface area (Å²) >= 11 is 0. The second-order valence-electron chi connectivity index (χ2n) is 11.3. The molecule has 4 saturated carbocycles. The van der Waals surface area contributed by atoms with Crippen LogP contribution in [0, 0.1) is 40.4 Å². The van der Waals surface area contributed by atoms with E-state index in [-0.39, 0.29) is 29.5 Å². The summed E-state index contributed by atoms with van der Waals surface area (Å²) in [6, 6.07) is 0. The summed E-state index contributed by atoms with van der Waals surface area (Å²) in [6.45, 7) is 4.88. The summed E-state index contributed by atoms with van der Waals surface area (Å²) in [5.74, 6) is 1.36. The summed E-state index contributed by atoms with van der Waals surface area (Å²) < 4.78 is 6.77. The van der Waals surface area contributed by atoms with Crippen LogP contribution in [0.1, 0.15) is 78.1 Å². The maximum Gasteiger partial charge on any atom is 0.303 e. The predicted molar refractivity (Wildman–Crippen MR) is 105 cm³/mol. The molecule has 10 atom stereocenters. The third-order valence-electron chi connectivity index (χ3n) is 10.5. The maximum absolute atomic E-state index is 11.5. The number of aliphatic carboxylic acids is 1. The van der Waals surface area contributed by atoms with Crippen molar-refractivity contribution >= 4 is 5.97 Å². The molecule has 28 heavy (non-hydrogen) atoms. The van der Waals surface area contributed by atoms with E-state index in [1.165, 1.54) is 19.3 Å². The van der Waals surface area contributed by atoms with Crippen LogP contribution in [0.25, 0.3) is 0 Å². The lowest BCUT2D eigenvalue weighted by Gasteiger charge is -2.67. The first kappa shape index (κ1) is 19.3. The number of carboxylic acids is 1. The van der Waals surface area contributed by atoms with Crippen molar-refractivity contribution in [2.75, 3.05) is 0 Å². The fourth-order valence-corrected chi connectivity index (χ4v) is 9.20. The summed E-state index contributed by atoms with van der Waals surface area (Å²) in [5.41, 5.74) is 6.69. The van der Waals surface area contributed by atoms with Crippen molar-refractivity contribution in [1.29, 1.82) is 0 Å². The van der Waals surface area contributed by atoms with Crippen LogP contribution >= 0.6 is 0 Å². The van der Waals surface area contributed by atoms with Gasteiger partial charge >= 0.3 is 5.97 Å². The molecule has 4 aliphatic carbocycles. The van der Waals surface area contributed by atoms with Gasteiger partial charge in [0, 0.05) is 11.3 Å². The molecule has 1 saturated heterocycles. The van der Waals surface area contributed by atoms with Crippen LogP contribution in [0.5, 0.6) is 0 Å². The molecule has 0 aromatic rings. The van der Waals surface area contributed by atoms with E-state index < -0.39 is 12.2 Å². The zero-order valence-corrected chi connectivity index (χ0v) is 17.4. The number of aliphatic hydroxyl groups is 1. The molecule has 2 bridgehead atoms. The molecule has 5 rings (SSSR count). The molecule has 0 radical (unpaired) electrons. The van der Waals surface area contributed by atoms with E-state index in [2.05, 4.69) is 13.8 Å². The molecule has 5 nitrogen and oxygen atoms in total. The van der Waals surface area contributed by atoms with Gasteiger partial charge < -0.3 is 20.7 Å². The number of ether oxygens (including phenoxy) is 1. The SMILES string of the molecule is C[C@]12CC[C@@H](O)C[C@H]1CC[C@@H]1[C@@H]2CC[C@]2(C)[C@@H]3CC[C@]12O[C@@H](N)[C@H]3CC(=O)O. The smallest absolute Gasteiger partial charge is 0.303 e. The second kappa shape index (κ2) is 6.18. The maximum atomic E-state index is 11.5. The highest BCUT2D eigenvalue weighted by atomic mass is 16.5. The Morgan fingerprint density at radius 1 is 1.04 bits per heavy atom. The van der Waals surface area contributed by atoms with Gasteiger partial charge in [-0.3, -0.25) is 4.79 Å². The zero-order valence-electron chi connectivity index (χ0n) is 17.4. The fraction of sp³-hybridized carbons (Fsp3) is 0.957. The molecule has 4 N–H and O–H groups in total. The number of nitrogens with two attached hydrogens (primary N) is 1. The number of aliphatic hydroxyl groups excluding tert-OH is 1. The van der Waals surface area contributed by atoms with Crippen LogP contribution in [0.4, 0.5) is 0 Å². The number of hydrogen-bond acceptors (Lipinski definition) is 4. The van der Waals surface area contributed by atoms with E-state index >= 15 is 0 Å². The van der Waals surface area contributed by atoms with Crippen molar-refractivity contribution in [2.45, 2.75) is 96.0 Å². The summed E-state index contributed by atoms with van der Waals surface area (Å²) in [5, 5.41) is 19.7. The third-order valence-corrected chi connectivity index (χ3v) is 10.5. The third kappa shape index (κ3) is 2.33. The molecule has 0 unspecified atom stereocenters. The Balaban J connectivity index is 1.49. The monoisotopic (exact) mass is 391 g/mol. The van der Waals surface area contributed by atoms with E-state index in [1.807, 2.05) is 0 Å². The van der Waals surface area contributed by atoms with E-state index in [0.717, 1.165) is 38.5 Å². The average molecular weight is 392 g/mol. The Hall–Kier alpha value is -0.650. The van der Waals surface area contributed by atoms with Crippen LogP contribution in [0.3, 0.4) is 0 Å². The van der Waals surface area contributed by atoms with E-state index in [9.17, 15) is 15.0 Å². The van der Waals surface area contributed by atoms with Gasteiger partial charge in [0.1, 0.15) is 6.23 Å². The zero-order chi connectivity index (χ0) is 19.9. The average Bonchev–Trinajstić information content (AvgIpc) is 2.83. The highest BCUT2D eigenvalue weighted by molar-refractivity contribution is 5.67. The highest BCUT2D eigenvalue weighted by Gasteiger charge is 2.72. The van der Waals surface area contributed by atoms with Gasteiger partial charge in [0.05, 0.1) is 18.1 Å². The summed E-state index contributed by atoms with van der Waals surface area (Å²) in [6.07, 6.45) is 9.42. The Kier molecular flexibility index (Phi) is 4.26. The Labute approximate surface area is 168 Å². The number of carboxylic acid groups (broad SMARTS) is 1. The van der Waals surface area contributed by atoms with Crippen molar-refractivity contribution in [2.24, 2.45) is 46.2 Å². The van der Waals surface area contributed by atoms with E-state index in [1.54, 1.807) is 0 Å². The van der Waals surface area contributed by atoms with Gasteiger partial charge in [-0.1, -0.05) is 13.8 Å². The number of carbonyl (C=O) groups is 1. The van der Waals surface area contributed by atoms with Crippen molar-refractivity contribution in [3.63, 3.8) is 0 Å². The summed E-state index contributed by atoms with van der Waals surface area (Å²) in [4.78, 5) is 11.5. The topological polar surface area (TPSA) is 92.8 Å². The lowest BCUT2D eigenvalue weighted by Crippen LogP contribution is -2.68. The standard InChI is InChI=1S/C23H37NO4/c1-21-8-5-14(25)11-13(21)3-4-18-17(21)6-9-22(2)16-7-10-23(18,22)28-20(24)15(16)12-19(26)27/h13-18,20,25H,3-12,24H2,1-2H3,(H,26,27)/t13-,14-,15+,16-,17+,18-,20-,21+,22-,23+/m1/s1. The van der Waals surface area contributed by atoms with E-state index in [4.69, 9.17) is 10.5 Å². The van der Waals surface area contributed by atoms with Gasteiger partial charge in [0.15, 0.2) is 0 Å². The first-order chi connectivity index (χ1) is 13.2. The molecular weight excluding hydrogens is 354 g/mol. The molecule has 0 spiro atoms. The number of hydrogen-bond donors (Lipinski definition) is 3. The lowest BCUT2D eigenvalue weighted by atomic mass is 9.42. The first-order valence-electron chi connectivity index (χ1n) is 11.5. The molecule has 158 valence electrons. The molecule has 5 heteroatoms. The molecule has 0 amide bonds. The molecule has 0 aromatic carbocycles. The lowest BCUT2D eigenvalue weighted by molar-refractivity contribution is -0.289. The Morgan fingerprint density at radius 2 is 1.79 bits per heavy atom. The minimum Gasteiger partial charge on any atom is -0.481 e. The van der Waals surface area contributed by atoms with Gasteiger partial charge in [-0.25, -0.2) is 0 Å². The molecular formula is C23H37NO4. The van der Waals surface area contributed by atoms with Crippen molar-refractivity contribution < 1.29 is 19.7 Å². The van der Waals surface area contributed by atoms with Crippen molar-refractivity contribution in [3.8, 4) is 0 Å². The molecule has 5 fully saturated rings. The van der Waals surface area contributed by atoms with Crippen LogP contribution in [0.2, 0.25) is 0 Å². The van der Waals surface area contributed by atoms with Crippen LogP contribution in [0.15, 0.2) is 0 Å². The van der Waals surface area contributed by atoms with Gasteiger partial charge in [-0.15, -0.1) is 0 Å². The van der Waals surface area contributed by atoms with Gasteiger partial charge in [0.25, 0.3) is 0 Å². The molecule has 1 heterocycles. The number of rotatable bonds is 2. The van der Waals surface area contributed by atoms with Crippen LogP contribution in [-0.2, 0) is 9.53 Å². The summed E-state index contributed by atoms with van der Waals surface area (Å²) in [7, 11) is 0. The van der Waals surface area contributed by atoms with Crippen molar-refractivity contribution in [1.82, 2.24) is 0 Å².